The minimum absolute atomic E-state index is 0.643. The van der Waals surface area contributed by atoms with Crippen molar-refractivity contribution < 1.29 is 5.73 Å². The Morgan fingerprint density at radius 1 is 1.25 bits per heavy atom. The molecule has 0 fully saturated rings. The van der Waals surface area contributed by atoms with Crippen LogP contribution in [0.5, 0.6) is 0 Å². The van der Waals surface area contributed by atoms with Crippen molar-refractivity contribution in [3.05, 3.63) is 47.2 Å². The molecule has 0 spiro atoms. The van der Waals surface area contributed by atoms with Gasteiger partial charge in [0.1, 0.15) is 5.70 Å². The third-order valence-electron chi connectivity index (χ3n) is 3.14. The summed E-state index contributed by atoms with van der Waals surface area (Å²) in [6.45, 7) is 3.73. The topological polar surface area (TPSA) is 56.9 Å². The van der Waals surface area contributed by atoms with E-state index < -0.39 is 0 Å². The van der Waals surface area contributed by atoms with E-state index in [0.29, 0.717) is 6.54 Å². The average molecular weight is 218 g/mol. The maximum atomic E-state index is 5.72. The van der Waals surface area contributed by atoms with Crippen molar-refractivity contribution in [1.29, 1.82) is 0 Å². The molecule has 0 unspecified atom stereocenters. The number of rotatable bonds is 3. The van der Waals surface area contributed by atoms with Crippen LogP contribution >= 0.6 is 0 Å². The second kappa shape index (κ2) is 5.25. The molecule has 0 bridgehead atoms. The molecule has 1 aromatic rings. The molecule has 3 heteroatoms. The van der Waals surface area contributed by atoms with Gasteiger partial charge < -0.3 is 11.5 Å². The van der Waals surface area contributed by atoms with Gasteiger partial charge in [-0.15, -0.1) is 0 Å². The van der Waals surface area contributed by atoms with Crippen LogP contribution in [-0.2, 0) is 6.54 Å². The minimum Gasteiger partial charge on any atom is -0.329 e. The summed E-state index contributed by atoms with van der Waals surface area (Å²) < 4.78 is 0. The Morgan fingerprint density at radius 2 is 2.00 bits per heavy atom. The fourth-order valence-electron chi connectivity index (χ4n) is 2.12. The first-order valence-electron chi connectivity index (χ1n) is 5.79. The lowest BCUT2D eigenvalue weighted by atomic mass is 10.1. The van der Waals surface area contributed by atoms with Crippen LogP contribution in [0.1, 0.15) is 12.0 Å². The molecule has 0 aromatic heterocycles. The van der Waals surface area contributed by atoms with Gasteiger partial charge in [-0.2, -0.15) is 0 Å². The summed E-state index contributed by atoms with van der Waals surface area (Å²) in [6, 6.07) is 10.6. The van der Waals surface area contributed by atoms with E-state index in [9.17, 15) is 0 Å². The van der Waals surface area contributed by atoms with Crippen molar-refractivity contribution in [3.8, 4) is 0 Å². The van der Waals surface area contributed by atoms with Crippen LogP contribution in [0.3, 0.4) is 0 Å². The highest BCUT2D eigenvalue weighted by atomic mass is 15.1. The summed E-state index contributed by atoms with van der Waals surface area (Å²) in [6.07, 6.45) is 1.05. The molecule has 0 aliphatic carbocycles. The molecule has 1 aromatic carbocycles. The van der Waals surface area contributed by atoms with Crippen LogP contribution in [0.4, 0.5) is 0 Å². The van der Waals surface area contributed by atoms with E-state index >= 15 is 0 Å². The van der Waals surface area contributed by atoms with Crippen LogP contribution in [0.15, 0.2) is 41.6 Å². The van der Waals surface area contributed by atoms with Gasteiger partial charge in [-0.05, 0) is 5.56 Å². The Bertz CT molecular complexity index is 370. The number of hydrogen-bond donors (Lipinski definition) is 2. The fourth-order valence-corrected chi connectivity index (χ4v) is 2.12. The first kappa shape index (κ1) is 11.3. The Labute approximate surface area is 96.7 Å². The van der Waals surface area contributed by atoms with E-state index in [1.807, 2.05) is 0 Å². The van der Waals surface area contributed by atoms with Gasteiger partial charge in [0, 0.05) is 38.2 Å². The second-order valence-electron chi connectivity index (χ2n) is 4.36. The molecule has 0 atom stereocenters. The second-order valence-corrected chi connectivity index (χ2v) is 4.36. The van der Waals surface area contributed by atoms with Crippen LogP contribution < -0.4 is 11.5 Å². The normalized spacial score (nSPS) is 17.9. The number of nitrogens with zero attached hydrogens (tertiary/aromatic N) is 1. The quantitative estimate of drug-likeness (QED) is 0.769. The van der Waals surface area contributed by atoms with Crippen molar-refractivity contribution in [2.75, 3.05) is 19.6 Å². The Hall–Kier alpha value is -1.16. The molecule has 1 aliphatic rings. The summed E-state index contributed by atoms with van der Waals surface area (Å²) in [5.41, 5.74) is 13.7. The van der Waals surface area contributed by atoms with Crippen LogP contribution in [0.2, 0.25) is 0 Å². The van der Waals surface area contributed by atoms with Gasteiger partial charge >= 0.3 is 0 Å². The van der Waals surface area contributed by atoms with Gasteiger partial charge in [0.05, 0.1) is 0 Å². The first-order chi connectivity index (χ1) is 7.79. The third-order valence-corrected chi connectivity index (χ3v) is 3.14. The van der Waals surface area contributed by atoms with E-state index in [-0.39, 0.29) is 0 Å². The zero-order valence-electron chi connectivity index (χ0n) is 9.65. The van der Waals surface area contributed by atoms with Crippen molar-refractivity contribution in [2.24, 2.45) is 5.73 Å². The number of hydrogen-bond acceptors (Lipinski definition) is 2. The molecule has 1 aliphatic heterocycles. The molecule has 5 N–H and O–H groups in total. The molecule has 1 heterocycles. The van der Waals surface area contributed by atoms with Gasteiger partial charge in [0.25, 0.3) is 0 Å². The molecular weight excluding hydrogens is 198 g/mol. The predicted molar refractivity (Wildman–Crippen MR) is 65.3 cm³/mol. The lowest BCUT2D eigenvalue weighted by Crippen LogP contribution is -2.53. The minimum atomic E-state index is 0.643. The van der Waals surface area contributed by atoms with E-state index in [1.165, 1.54) is 16.8 Å². The maximum absolute atomic E-state index is 5.72. The number of nitrogens with two attached hydrogens (primary N) is 1. The third kappa shape index (κ3) is 2.70. The molecule has 86 valence electrons. The molecular formula is C13H20N3+. The van der Waals surface area contributed by atoms with E-state index in [1.54, 1.807) is 0 Å². The summed E-state index contributed by atoms with van der Waals surface area (Å²) in [5, 5.41) is 0. The number of benzene rings is 1. The van der Waals surface area contributed by atoms with Gasteiger partial charge in [-0.1, -0.05) is 30.3 Å². The Balaban J connectivity index is 1.99. The summed E-state index contributed by atoms with van der Waals surface area (Å²) in [4.78, 5) is 2.44. The van der Waals surface area contributed by atoms with Gasteiger partial charge in [0.2, 0.25) is 0 Å². The fraction of sp³-hybridized carbons (Fsp3) is 0.385. The standard InChI is InChI=1S/C13H19N3/c14-8-12-10-16(7-6-13(12)15)9-11-4-2-1-3-5-11/h1-5H,6-10,14-15H2/p+1. The SMILES string of the molecule is NCC1=C([NH3+])CCN(Cc2ccccc2)C1. The van der Waals surface area contributed by atoms with Crippen molar-refractivity contribution in [3.63, 3.8) is 0 Å². The van der Waals surface area contributed by atoms with E-state index in [2.05, 4.69) is 41.0 Å². The van der Waals surface area contributed by atoms with Crippen LogP contribution in [-0.4, -0.2) is 24.5 Å². The highest BCUT2D eigenvalue weighted by molar-refractivity contribution is 5.17. The molecule has 0 saturated carbocycles. The lowest BCUT2D eigenvalue weighted by molar-refractivity contribution is -0.310. The van der Waals surface area contributed by atoms with Gasteiger partial charge in [-0.3, -0.25) is 4.90 Å². The maximum Gasteiger partial charge on any atom is 0.107 e. The molecule has 0 saturated heterocycles. The molecule has 2 rings (SSSR count). The largest absolute Gasteiger partial charge is 0.329 e. The summed E-state index contributed by atoms with van der Waals surface area (Å²) >= 11 is 0. The Morgan fingerprint density at radius 3 is 2.69 bits per heavy atom. The van der Waals surface area contributed by atoms with Crippen molar-refractivity contribution in [1.82, 2.24) is 4.90 Å². The van der Waals surface area contributed by atoms with Crippen LogP contribution in [0.25, 0.3) is 0 Å². The summed E-state index contributed by atoms with van der Waals surface area (Å²) in [7, 11) is 0. The molecule has 16 heavy (non-hydrogen) atoms. The average Bonchev–Trinajstić information content (AvgIpc) is 2.33. The zero-order valence-corrected chi connectivity index (χ0v) is 9.65. The number of quaternary nitrogens is 1. The van der Waals surface area contributed by atoms with Gasteiger partial charge in [0.15, 0.2) is 0 Å². The predicted octanol–water partition coefficient (Wildman–Crippen LogP) is 0.347. The Kier molecular flexibility index (Phi) is 3.72. The van der Waals surface area contributed by atoms with Crippen molar-refractivity contribution >= 4 is 0 Å². The highest BCUT2D eigenvalue weighted by Gasteiger charge is 2.18. The molecule has 0 radical (unpaired) electrons. The van der Waals surface area contributed by atoms with Gasteiger partial charge in [-0.25, -0.2) is 0 Å². The first-order valence-corrected chi connectivity index (χ1v) is 5.79. The lowest BCUT2D eigenvalue weighted by Gasteiger charge is -2.27. The van der Waals surface area contributed by atoms with E-state index in [0.717, 1.165) is 26.1 Å². The molecule has 0 amide bonds. The van der Waals surface area contributed by atoms with Crippen molar-refractivity contribution in [2.45, 2.75) is 13.0 Å². The highest BCUT2D eigenvalue weighted by Crippen LogP contribution is 2.14. The van der Waals surface area contributed by atoms with Crippen LogP contribution in [0, 0.1) is 0 Å². The molecule has 3 nitrogen and oxygen atoms in total. The smallest absolute Gasteiger partial charge is 0.107 e. The van der Waals surface area contributed by atoms with E-state index in [4.69, 9.17) is 5.73 Å². The monoisotopic (exact) mass is 218 g/mol. The zero-order chi connectivity index (χ0) is 11.4. The summed E-state index contributed by atoms with van der Waals surface area (Å²) in [5.74, 6) is 0.